The molecule has 0 radical (unpaired) electrons. The first-order valence-corrected chi connectivity index (χ1v) is 6.25. The smallest absolute Gasteiger partial charge is 1.00 e. The molecule has 0 unspecified atom stereocenters. The van der Waals surface area contributed by atoms with Gasteiger partial charge in [0.15, 0.2) is 0 Å². The number of hydrogen-bond acceptors (Lipinski definition) is 3. The average Bonchev–Trinajstić information content (AvgIpc) is 2.16. The van der Waals surface area contributed by atoms with E-state index in [1.54, 1.807) is 12.1 Å². The molecule has 3 nitrogen and oxygen atoms in total. The van der Waals surface area contributed by atoms with Crippen molar-refractivity contribution >= 4 is 20.9 Å². The zero-order chi connectivity index (χ0) is 10.9. The molecule has 0 aliphatic rings. The van der Waals surface area contributed by atoms with Gasteiger partial charge in [-0.25, -0.2) is 0 Å². The van der Waals surface area contributed by atoms with Crippen LogP contribution in [0, 0.1) is 0 Å². The minimum absolute atomic E-state index is 0. The second kappa shape index (κ2) is 5.19. The molecule has 0 fully saturated rings. The maximum atomic E-state index is 11.0. The maximum absolute atomic E-state index is 11.0. The molecule has 0 N–H and O–H groups in total. The second-order valence-electron chi connectivity index (χ2n) is 3.26. The molecule has 0 saturated carbocycles. The van der Waals surface area contributed by atoms with Crippen LogP contribution in [0.5, 0.6) is 5.75 Å². The van der Waals surface area contributed by atoms with E-state index < -0.39 is 10.1 Å². The largest absolute Gasteiger partial charge is 1.00 e. The fraction of sp³-hybridized carbons (Fsp3) is 0.0909. The Morgan fingerprint density at radius 2 is 1.69 bits per heavy atom. The van der Waals surface area contributed by atoms with Gasteiger partial charge in [-0.2, -0.15) is 8.42 Å². The van der Waals surface area contributed by atoms with E-state index in [0.29, 0.717) is 5.75 Å². The van der Waals surface area contributed by atoms with Gasteiger partial charge in [-0.1, -0.05) is 36.4 Å². The molecule has 0 spiro atoms. The van der Waals surface area contributed by atoms with Gasteiger partial charge in [0.05, 0.1) is 6.26 Å². The molecule has 2 rings (SSSR count). The first kappa shape index (κ1) is 13.5. The van der Waals surface area contributed by atoms with Crippen molar-refractivity contribution in [3.8, 4) is 5.75 Å². The molecule has 0 aliphatic heterocycles. The summed E-state index contributed by atoms with van der Waals surface area (Å²) < 4.78 is 26.9. The van der Waals surface area contributed by atoms with Crippen molar-refractivity contribution in [2.24, 2.45) is 0 Å². The Labute approximate surface area is 118 Å². The molecular formula is C11H11NaO3S. The van der Waals surface area contributed by atoms with E-state index in [4.69, 9.17) is 4.18 Å². The topological polar surface area (TPSA) is 43.4 Å². The summed E-state index contributed by atoms with van der Waals surface area (Å²) in [7, 11) is -3.47. The van der Waals surface area contributed by atoms with E-state index in [-0.39, 0.29) is 31.0 Å². The van der Waals surface area contributed by atoms with E-state index in [9.17, 15) is 8.42 Å². The Morgan fingerprint density at radius 3 is 2.38 bits per heavy atom. The van der Waals surface area contributed by atoms with Crippen LogP contribution in [0.3, 0.4) is 0 Å². The zero-order valence-electron chi connectivity index (χ0n) is 10.2. The van der Waals surface area contributed by atoms with Crippen LogP contribution < -0.4 is 33.7 Å². The third kappa shape index (κ3) is 3.22. The molecule has 2 aromatic carbocycles. The molecule has 80 valence electrons. The molecule has 0 bridgehead atoms. The van der Waals surface area contributed by atoms with Crippen LogP contribution >= 0.6 is 0 Å². The molecule has 0 atom stereocenters. The summed E-state index contributed by atoms with van der Waals surface area (Å²) in [5, 5.41) is 1.75. The van der Waals surface area contributed by atoms with Crippen molar-refractivity contribution in [3.63, 3.8) is 0 Å². The number of rotatable bonds is 2. The minimum atomic E-state index is -3.47. The van der Waals surface area contributed by atoms with E-state index >= 15 is 0 Å². The Bertz CT molecular complexity index is 593. The molecule has 16 heavy (non-hydrogen) atoms. The predicted octanol–water partition coefficient (Wildman–Crippen LogP) is -0.705. The van der Waals surface area contributed by atoms with Crippen LogP contribution in [-0.4, -0.2) is 14.7 Å². The monoisotopic (exact) mass is 246 g/mol. The summed E-state index contributed by atoms with van der Waals surface area (Å²) in [6.07, 6.45) is 1.04. The van der Waals surface area contributed by atoms with Crippen molar-refractivity contribution in [2.45, 2.75) is 0 Å². The fourth-order valence-corrected chi connectivity index (χ4v) is 1.90. The molecule has 0 heterocycles. The molecule has 0 aliphatic carbocycles. The molecule has 0 amide bonds. The van der Waals surface area contributed by atoms with Gasteiger partial charge in [0.2, 0.25) is 0 Å². The zero-order valence-corrected chi connectivity index (χ0v) is 12.0. The maximum Gasteiger partial charge on any atom is 1.00 e. The number of hydrogen-bond donors (Lipinski definition) is 0. The molecule has 2 aromatic rings. The summed E-state index contributed by atoms with van der Waals surface area (Å²) in [4.78, 5) is 0. The van der Waals surface area contributed by atoms with Crippen molar-refractivity contribution in [1.82, 2.24) is 0 Å². The van der Waals surface area contributed by atoms with Gasteiger partial charge >= 0.3 is 39.7 Å². The van der Waals surface area contributed by atoms with Gasteiger partial charge in [0.1, 0.15) is 5.75 Å². The molecule has 5 heteroatoms. The third-order valence-electron chi connectivity index (χ3n) is 1.99. The van der Waals surface area contributed by atoms with E-state index in [1.165, 1.54) is 0 Å². The SMILES string of the molecule is CS(=O)(=O)Oc1cccc2ccccc12.[H-].[Na+]. The van der Waals surface area contributed by atoms with Crippen molar-refractivity contribution in [1.29, 1.82) is 0 Å². The van der Waals surface area contributed by atoms with Gasteiger partial charge < -0.3 is 5.61 Å². The first-order chi connectivity index (χ1) is 7.06. The number of benzene rings is 2. The fourth-order valence-electron chi connectivity index (χ4n) is 1.43. The van der Waals surface area contributed by atoms with E-state index in [1.807, 2.05) is 30.3 Å². The van der Waals surface area contributed by atoms with Crippen LogP contribution in [0.25, 0.3) is 10.8 Å². The number of fused-ring (bicyclic) bond motifs is 1. The van der Waals surface area contributed by atoms with Crippen molar-refractivity contribution in [3.05, 3.63) is 42.5 Å². The second-order valence-corrected chi connectivity index (χ2v) is 4.84. The van der Waals surface area contributed by atoms with Gasteiger partial charge in [-0.3, -0.25) is 0 Å². The Balaban J connectivity index is 0.00000128. The van der Waals surface area contributed by atoms with Gasteiger partial charge in [0.25, 0.3) is 0 Å². The van der Waals surface area contributed by atoms with Gasteiger partial charge in [0, 0.05) is 5.39 Å². The van der Waals surface area contributed by atoms with Crippen LogP contribution in [0.15, 0.2) is 42.5 Å². The quantitative estimate of drug-likeness (QED) is 0.519. The summed E-state index contributed by atoms with van der Waals surface area (Å²) in [6.45, 7) is 0. The van der Waals surface area contributed by atoms with Crippen LogP contribution in [0.2, 0.25) is 0 Å². The van der Waals surface area contributed by atoms with Crippen LogP contribution in [-0.2, 0) is 10.1 Å². The molecule has 0 saturated heterocycles. The van der Waals surface area contributed by atoms with Gasteiger partial charge in [-0.05, 0) is 11.5 Å². The standard InChI is InChI=1S/C11H10O3S.Na.H/c1-15(12,13)14-11-8-4-6-9-5-2-3-7-10(9)11;;/h2-8H,1H3;;/q;+1;-1. The summed E-state index contributed by atoms with van der Waals surface area (Å²) in [5.74, 6) is 0.371. The predicted molar refractivity (Wildman–Crippen MR) is 60.5 cm³/mol. The Morgan fingerprint density at radius 1 is 1.06 bits per heavy atom. The molecule has 0 aromatic heterocycles. The average molecular weight is 246 g/mol. The van der Waals surface area contributed by atoms with Crippen molar-refractivity contribution < 1.29 is 43.6 Å². The van der Waals surface area contributed by atoms with E-state index in [2.05, 4.69) is 0 Å². The Kier molecular flexibility index (Phi) is 4.38. The van der Waals surface area contributed by atoms with Crippen LogP contribution in [0.4, 0.5) is 0 Å². The van der Waals surface area contributed by atoms with Crippen LogP contribution in [0.1, 0.15) is 1.43 Å². The Hall–Kier alpha value is -0.550. The third-order valence-corrected chi connectivity index (χ3v) is 2.47. The minimum Gasteiger partial charge on any atom is -1.00 e. The molecular weight excluding hydrogens is 235 g/mol. The van der Waals surface area contributed by atoms with Gasteiger partial charge in [-0.15, -0.1) is 0 Å². The summed E-state index contributed by atoms with van der Waals surface area (Å²) in [6, 6.07) is 12.8. The normalized spacial score (nSPS) is 10.8. The van der Waals surface area contributed by atoms with Crippen molar-refractivity contribution in [2.75, 3.05) is 6.26 Å². The summed E-state index contributed by atoms with van der Waals surface area (Å²) >= 11 is 0. The summed E-state index contributed by atoms with van der Waals surface area (Å²) in [5.41, 5.74) is 0. The van der Waals surface area contributed by atoms with E-state index in [0.717, 1.165) is 17.0 Å². The first-order valence-electron chi connectivity index (χ1n) is 4.43.